The van der Waals surface area contributed by atoms with Gasteiger partial charge in [-0.15, -0.1) is 0 Å². The van der Waals surface area contributed by atoms with Gasteiger partial charge in [-0.25, -0.2) is 0 Å². The average Bonchev–Trinajstić information content (AvgIpc) is 3.18. The first-order valence-corrected chi connectivity index (χ1v) is 12.1. The first-order valence-electron chi connectivity index (χ1n) is 9.69. The number of unbranched alkanes of at least 4 members (excludes halogenated alkanes) is 1. The quantitative estimate of drug-likeness (QED) is 0.340. The molecule has 0 radical (unpaired) electrons. The smallest absolute Gasteiger partial charge is 0.322 e. The van der Waals surface area contributed by atoms with Crippen molar-refractivity contribution < 1.29 is 14.3 Å². The molecule has 0 aromatic carbocycles. The highest BCUT2D eigenvalue weighted by atomic mass is 33.1. The summed E-state index contributed by atoms with van der Waals surface area (Å²) in [6.45, 7) is 7.06. The van der Waals surface area contributed by atoms with E-state index in [1.54, 1.807) is 0 Å². The molecule has 2 aliphatic heterocycles. The molecular weight excluding hydrogens is 370 g/mol. The van der Waals surface area contributed by atoms with E-state index in [0.29, 0.717) is 13.0 Å². The molecular formula is C18H33N3O3S2. The summed E-state index contributed by atoms with van der Waals surface area (Å²) in [7, 11) is 5.43. The molecule has 2 heterocycles. The van der Waals surface area contributed by atoms with Gasteiger partial charge >= 0.3 is 5.97 Å². The fourth-order valence-corrected chi connectivity index (χ4v) is 6.39. The normalized spacial score (nSPS) is 22.9. The molecule has 1 N–H and O–H groups in total. The van der Waals surface area contributed by atoms with Crippen LogP contribution < -0.4 is 5.32 Å². The van der Waals surface area contributed by atoms with E-state index >= 15 is 0 Å². The Morgan fingerprint density at radius 2 is 2.00 bits per heavy atom. The second-order valence-corrected chi connectivity index (χ2v) is 9.79. The Hall–Kier alpha value is -0.440. The SMILES string of the molecule is COC(=O)C(C)N1CCN(CCNC(=O)CCCCC2CCSS2)CC1. The molecule has 2 rings (SSSR count). The zero-order valence-electron chi connectivity index (χ0n) is 16.1. The molecule has 0 aromatic rings. The fraction of sp³-hybridized carbons (Fsp3) is 0.889. The molecule has 0 saturated carbocycles. The first kappa shape index (κ1) is 21.9. The number of ether oxygens (including phenoxy) is 1. The Kier molecular flexibility index (Phi) is 10.2. The van der Waals surface area contributed by atoms with Crippen LogP contribution in [0.25, 0.3) is 0 Å². The zero-order chi connectivity index (χ0) is 18.8. The highest BCUT2D eigenvalue weighted by Crippen LogP contribution is 2.39. The van der Waals surface area contributed by atoms with Crippen molar-refractivity contribution >= 4 is 33.5 Å². The largest absolute Gasteiger partial charge is 0.468 e. The lowest BCUT2D eigenvalue weighted by Gasteiger charge is -2.36. The number of carbonyl (C=O) groups is 2. The number of hydrogen-bond acceptors (Lipinski definition) is 7. The number of methoxy groups -OCH3 is 1. The maximum absolute atomic E-state index is 11.9. The van der Waals surface area contributed by atoms with Crippen molar-refractivity contribution in [3.05, 3.63) is 0 Å². The average molecular weight is 404 g/mol. The van der Waals surface area contributed by atoms with Crippen LogP contribution in [0.5, 0.6) is 0 Å². The molecule has 2 aliphatic rings. The molecule has 150 valence electrons. The topological polar surface area (TPSA) is 61.9 Å². The zero-order valence-corrected chi connectivity index (χ0v) is 17.7. The molecule has 1 amide bonds. The van der Waals surface area contributed by atoms with Crippen molar-refractivity contribution in [2.24, 2.45) is 0 Å². The van der Waals surface area contributed by atoms with Gasteiger partial charge in [-0.2, -0.15) is 0 Å². The number of hydrogen-bond donors (Lipinski definition) is 1. The number of carbonyl (C=O) groups excluding carboxylic acids is 2. The predicted molar refractivity (Wildman–Crippen MR) is 109 cm³/mol. The third-order valence-corrected chi connectivity index (χ3v) is 8.16. The van der Waals surface area contributed by atoms with E-state index in [2.05, 4.69) is 15.1 Å². The maximum Gasteiger partial charge on any atom is 0.322 e. The Morgan fingerprint density at radius 1 is 1.23 bits per heavy atom. The molecule has 2 unspecified atom stereocenters. The number of amides is 1. The molecule has 26 heavy (non-hydrogen) atoms. The summed E-state index contributed by atoms with van der Waals surface area (Å²) in [5, 5.41) is 3.85. The summed E-state index contributed by atoms with van der Waals surface area (Å²) >= 11 is 0. The summed E-state index contributed by atoms with van der Waals surface area (Å²) in [6, 6.07) is -0.178. The number of rotatable bonds is 10. The van der Waals surface area contributed by atoms with Gasteiger partial charge in [0.15, 0.2) is 0 Å². The standard InChI is InChI=1S/C18H33N3O3S2/c1-15(18(23)24-2)21-12-10-20(11-13-21)9-8-19-17(22)6-4-3-5-16-7-14-25-26-16/h15-16H,3-14H2,1-2H3,(H,19,22). The number of nitrogens with one attached hydrogen (secondary N) is 1. The van der Waals surface area contributed by atoms with Gasteiger partial charge in [-0.3, -0.25) is 19.4 Å². The van der Waals surface area contributed by atoms with Crippen LogP contribution in [0.2, 0.25) is 0 Å². The van der Waals surface area contributed by atoms with E-state index in [9.17, 15) is 9.59 Å². The minimum Gasteiger partial charge on any atom is -0.468 e. The lowest BCUT2D eigenvalue weighted by atomic mass is 10.1. The van der Waals surface area contributed by atoms with Crippen LogP contribution in [-0.2, 0) is 14.3 Å². The fourth-order valence-electron chi connectivity index (χ4n) is 3.36. The summed E-state index contributed by atoms with van der Waals surface area (Å²) in [5.74, 6) is 1.29. The molecule has 2 fully saturated rings. The van der Waals surface area contributed by atoms with Crippen molar-refractivity contribution in [2.75, 3.05) is 52.1 Å². The van der Waals surface area contributed by atoms with Gasteiger partial charge in [0.25, 0.3) is 0 Å². The highest BCUT2D eigenvalue weighted by Gasteiger charge is 2.25. The van der Waals surface area contributed by atoms with Crippen molar-refractivity contribution in [1.82, 2.24) is 15.1 Å². The predicted octanol–water partition coefficient (Wildman–Crippen LogP) is 2.00. The second-order valence-electron chi connectivity index (χ2n) is 7.00. The molecule has 0 spiro atoms. The van der Waals surface area contributed by atoms with Crippen LogP contribution >= 0.6 is 21.6 Å². The van der Waals surface area contributed by atoms with Gasteiger partial charge in [0.2, 0.25) is 5.91 Å². The minimum atomic E-state index is -0.178. The molecule has 2 saturated heterocycles. The van der Waals surface area contributed by atoms with Gasteiger partial charge in [0.1, 0.15) is 6.04 Å². The number of piperazine rings is 1. The van der Waals surface area contributed by atoms with Gasteiger partial charge in [-0.05, 0) is 26.2 Å². The Bertz CT molecular complexity index is 439. The lowest BCUT2D eigenvalue weighted by molar-refractivity contribution is -0.147. The second kappa shape index (κ2) is 12.1. The van der Waals surface area contributed by atoms with E-state index in [4.69, 9.17) is 4.74 Å². The van der Waals surface area contributed by atoms with Gasteiger partial charge in [0.05, 0.1) is 7.11 Å². The van der Waals surface area contributed by atoms with Crippen LogP contribution in [0.4, 0.5) is 0 Å². The summed E-state index contributed by atoms with van der Waals surface area (Å²) in [6.07, 6.45) is 5.38. The third-order valence-electron chi connectivity index (χ3n) is 5.15. The van der Waals surface area contributed by atoms with Gasteiger partial charge < -0.3 is 10.1 Å². The van der Waals surface area contributed by atoms with Gasteiger partial charge in [0, 0.05) is 56.7 Å². The van der Waals surface area contributed by atoms with Gasteiger partial charge in [-0.1, -0.05) is 28.0 Å². The van der Waals surface area contributed by atoms with Crippen LogP contribution in [0, 0.1) is 0 Å². The van der Waals surface area contributed by atoms with Crippen molar-refractivity contribution in [3.63, 3.8) is 0 Å². The van der Waals surface area contributed by atoms with Crippen molar-refractivity contribution in [3.8, 4) is 0 Å². The highest BCUT2D eigenvalue weighted by molar-refractivity contribution is 8.77. The van der Waals surface area contributed by atoms with Crippen LogP contribution in [-0.4, -0.2) is 85.1 Å². The first-order chi connectivity index (χ1) is 12.6. The molecule has 8 heteroatoms. The van der Waals surface area contributed by atoms with E-state index in [1.807, 2.05) is 28.5 Å². The third kappa shape index (κ3) is 7.66. The molecule has 6 nitrogen and oxygen atoms in total. The number of esters is 1. The molecule has 0 bridgehead atoms. The molecule has 0 aliphatic carbocycles. The van der Waals surface area contributed by atoms with Crippen LogP contribution in [0.3, 0.4) is 0 Å². The van der Waals surface area contributed by atoms with E-state index in [1.165, 1.54) is 25.7 Å². The summed E-state index contributed by atoms with van der Waals surface area (Å²) in [4.78, 5) is 28.0. The molecule has 2 atom stereocenters. The van der Waals surface area contributed by atoms with E-state index < -0.39 is 0 Å². The number of nitrogens with zero attached hydrogens (tertiary/aromatic N) is 2. The Labute approximate surface area is 165 Å². The molecule has 0 aromatic heterocycles. The summed E-state index contributed by atoms with van der Waals surface area (Å²) < 4.78 is 4.81. The van der Waals surface area contributed by atoms with E-state index in [0.717, 1.165) is 50.8 Å². The van der Waals surface area contributed by atoms with E-state index in [-0.39, 0.29) is 17.9 Å². The monoisotopic (exact) mass is 403 g/mol. The lowest BCUT2D eigenvalue weighted by Crippen LogP contribution is -2.53. The minimum absolute atomic E-state index is 0.170. The Balaban J connectivity index is 1.48. The summed E-state index contributed by atoms with van der Waals surface area (Å²) in [5.41, 5.74) is 0. The maximum atomic E-state index is 11.9. The van der Waals surface area contributed by atoms with Crippen molar-refractivity contribution in [1.29, 1.82) is 0 Å². The van der Waals surface area contributed by atoms with Crippen molar-refractivity contribution in [2.45, 2.75) is 50.3 Å². The van der Waals surface area contributed by atoms with Crippen LogP contribution in [0.1, 0.15) is 39.0 Å². The van der Waals surface area contributed by atoms with Crippen LogP contribution in [0.15, 0.2) is 0 Å². The Morgan fingerprint density at radius 3 is 2.65 bits per heavy atom.